The Labute approximate surface area is 108 Å². The minimum atomic E-state index is -0.0155. The number of rotatable bonds is 5. The summed E-state index contributed by atoms with van der Waals surface area (Å²) in [6, 6.07) is 0. The van der Waals surface area contributed by atoms with Crippen molar-refractivity contribution in [3.8, 4) is 0 Å². The number of carbonyl (C=O) groups excluding carboxylic acids is 2. The van der Waals surface area contributed by atoms with Gasteiger partial charge in [0.05, 0.1) is 12.5 Å². The van der Waals surface area contributed by atoms with Crippen molar-refractivity contribution >= 4 is 11.8 Å². The number of hydrogen-bond donors (Lipinski definition) is 2. The SMILES string of the molecule is CNCC(=O)N1CCCC(C(=O)NCC2CC2)C1. The van der Waals surface area contributed by atoms with E-state index in [9.17, 15) is 9.59 Å². The van der Waals surface area contributed by atoms with Gasteiger partial charge in [0.25, 0.3) is 0 Å². The minimum Gasteiger partial charge on any atom is -0.356 e. The van der Waals surface area contributed by atoms with Crippen LogP contribution in [-0.2, 0) is 9.59 Å². The van der Waals surface area contributed by atoms with E-state index in [1.807, 2.05) is 0 Å². The highest BCUT2D eigenvalue weighted by molar-refractivity contribution is 5.82. The molecule has 1 unspecified atom stereocenters. The second-order valence-electron chi connectivity index (χ2n) is 5.40. The molecule has 0 spiro atoms. The first-order valence-corrected chi connectivity index (χ1v) is 6.90. The quantitative estimate of drug-likeness (QED) is 0.723. The number of likely N-dealkylation sites (N-methyl/N-ethyl adjacent to an activating group) is 1. The largest absolute Gasteiger partial charge is 0.356 e. The summed E-state index contributed by atoms with van der Waals surface area (Å²) < 4.78 is 0. The Bertz CT molecular complexity index is 315. The number of amides is 2. The highest BCUT2D eigenvalue weighted by Gasteiger charge is 2.29. The van der Waals surface area contributed by atoms with E-state index in [4.69, 9.17) is 0 Å². The van der Waals surface area contributed by atoms with Crippen molar-refractivity contribution in [2.75, 3.05) is 33.2 Å². The molecule has 1 heterocycles. The normalized spacial score (nSPS) is 23.8. The molecule has 2 aliphatic rings. The Hall–Kier alpha value is -1.10. The van der Waals surface area contributed by atoms with E-state index in [0.717, 1.165) is 25.9 Å². The summed E-state index contributed by atoms with van der Waals surface area (Å²) in [5, 5.41) is 5.88. The Morgan fingerprint density at radius 3 is 2.72 bits per heavy atom. The monoisotopic (exact) mass is 253 g/mol. The molecule has 5 nitrogen and oxygen atoms in total. The van der Waals surface area contributed by atoms with Gasteiger partial charge in [-0.05, 0) is 38.6 Å². The maximum Gasteiger partial charge on any atom is 0.236 e. The van der Waals surface area contributed by atoms with Crippen LogP contribution in [-0.4, -0.2) is 49.9 Å². The smallest absolute Gasteiger partial charge is 0.236 e. The van der Waals surface area contributed by atoms with Gasteiger partial charge in [0.15, 0.2) is 0 Å². The molecule has 2 rings (SSSR count). The van der Waals surface area contributed by atoms with Gasteiger partial charge >= 0.3 is 0 Å². The van der Waals surface area contributed by atoms with Crippen LogP contribution in [0.4, 0.5) is 0 Å². The topological polar surface area (TPSA) is 61.4 Å². The zero-order chi connectivity index (χ0) is 13.0. The maximum atomic E-state index is 12.0. The predicted molar refractivity (Wildman–Crippen MR) is 69.0 cm³/mol. The average molecular weight is 253 g/mol. The molecule has 102 valence electrons. The van der Waals surface area contributed by atoms with Crippen LogP contribution in [0.1, 0.15) is 25.7 Å². The fourth-order valence-electron chi connectivity index (χ4n) is 2.39. The molecule has 5 heteroatoms. The van der Waals surface area contributed by atoms with Crippen molar-refractivity contribution < 1.29 is 9.59 Å². The van der Waals surface area contributed by atoms with Crippen LogP contribution in [0.3, 0.4) is 0 Å². The molecular weight excluding hydrogens is 230 g/mol. The van der Waals surface area contributed by atoms with Gasteiger partial charge in [-0.25, -0.2) is 0 Å². The summed E-state index contributed by atoms with van der Waals surface area (Å²) >= 11 is 0. The number of likely N-dealkylation sites (tertiary alicyclic amines) is 1. The summed E-state index contributed by atoms with van der Waals surface area (Å²) in [5.74, 6) is 0.916. The fraction of sp³-hybridized carbons (Fsp3) is 0.846. The van der Waals surface area contributed by atoms with Crippen molar-refractivity contribution in [1.29, 1.82) is 0 Å². The molecule has 2 fully saturated rings. The lowest BCUT2D eigenvalue weighted by atomic mass is 9.97. The van der Waals surface area contributed by atoms with Gasteiger partial charge in [-0.15, -0.1) is 0 Å². The van der Waals surface area contributed by atoms with Gasteiger partial charge in [-0.2, -0.15) is 0 Å². The number of piperidine rings is 1. The first-order valence-electron chi connectivity index (χ1n) is 6.90. The van der Waals surface area contributed by atoms with Crippen LogP contribution in [0, 0.1) is 11.8 Å². The molecule has 1 aliphatic carbocycles. The van der Waals surface area contributed by atoms with E-state index < -0.39 is 0 Å². The number of hydrogen-bond acceptors (Lipinski definition) is 3. The zero-order valence-electron chi connectivity index (χ0n) is 11.1. The van der Waals surface area contributed by atoms with Gasteiger partial charge in [-0.1, -0.05) is 0 Å². The van der Waals surface area contributed by atoms with Crippen LogP contribution in [0.15, 0.2) is 0 Å². The third kappa shape index (κ3) is 3.70. The minimum absolute atomic E-state index is 0.0155. The number of carbonyl (C=O) groups is 2. The van der Waals surface area contributed by atoms with Crippen molar-refractivity contribution in [2.45, 2.75) is 25.7 Å². The van der Waals surface area contributed by atoms with Crippen LogP contribution < -0.4 is 10.6 Å². The van der Waals surface area contributed by atoms with E-state index in [2.05, 4.69) is 10.6 Å². The van der Waals surface area contributed by atoms with Crippen LogP contribution in [0.2, 0.25) is 0 Å². The van der Waals surface area contributed by atoms with E-state index in [1.54, 1.807) is 11.9 Å². The highest BCUT2D eigenvalue weighted by atomic mass is 16.2. The Morgan fingerprint density at radius 1 is 1.28 bits per heavy atom. The maximum absolute atomic E-state index is 12.0. The molecule has 0 aromatic heterocycles. The molecule has 1 aliphatic heterocycles. The number of nitrogens with one attached hydrogen (secondary N) is 2. The summed E-state index contributed by atoms with van der Waals surface area (Å²) in [4.78, 5) is 25.6. The zero-order valence-corrected chi connectivity index (χ0v) is 11.1. The molecule has 0 aromatic rings. The van der Waals surface area contributed by atoms with Gasteiger partial charge in [0, 0.05) is 19.6 Å². The molecule has 1 atom stereocenters. The van der Waals surface area contributed by atoms with Crippen LogP contribution in [0.5, 0.6) is 0 Å². The molecule has 0 bridgehead atoms. The Morgan fingerprint density at radius 2 is 2.06 bits per heavy atom. The first kappa shape index (κ1) is 13.3. The third-order valence-corrected chi connectivity index (χ3v) is 3.73. The van der Waals surface area contributed by atoms with E-state index in [-0.39, 0.29) is 17.7 Å². The highest BCUT2D eigenvalue weighted by Crippen LogP contribution is 2.27. The summed E-state index contributed by atoms with van der Waals surface area (Å²) in [5.41, 5.74) is 0. The molecule has 0 aromatic carbocycles. The van der Waals surface area contributed by atoms with Crippen molar-refractivity contribution in [3.05, 3.63) is 0 Å². The van der Waals surface area contributed by atoms with Crippen LogP contribution in [0.25, 0.3) is 0 Å². The van der Waals surface area contributed by atoms with Gasteiger partial charge in [0.2, 0.25) is 11.8 Å². The predicted octanol–water partition coefficient (Wildman–Crippen LogP) is -0.0294. The molecule has 2 amide bonds. The fourth-order valence-corrected chi connectivity index (χ4v) is 2.39. The van der Waals surface area contributed by atoms with Crippen molar-refractivity contribution in [2.24, 2.45) is 11.8 Å². The van der Waals surface area contributed by atoms with E-state index in [0.29, 0.717) is 19.0 Å². The van der Waals surface area contributed by atoms with E-state index in [1.165, 1.54) is 12.8 Å². The third-order valence-electron chi connectivity index (χ3n) is 3.73. The first-order chi connectivity index (χ1) is 8.70. The van der Waals surface area contributed by atoms with Crippen molar-refractivity contribution in [3.63, 3.8) is 0 Å². The van der Waals surface area contributed by atoms with Crippen LogP contribution >= 0.6 is 0 Å². The summed E-state index contributed by atoms with van der Waals surface area (Å²) in [6.45, 7) is 2.54. The molecule has 1 saturated carbocycles. The second-order valence-corrected chi connectivity index (χ2v) is 5.40. The molecule has 1 saturated heterocycles. The summed E-state index contributed by atoms with van der Waals surface area (Å²) in [6.07, 6.45) is 4.33. The lowest BCUT2D eigenvalue weighted by molar-refractivity contribution is -0.134. The van der Waals surface area contributed by atoms with Gasteiger partial charge in [-0.3, -0.25) is 9.59 Å². The second kappa shape index (κ2) is 6.18. The molecule has 2 N–H and O–H groups in total. The molecule has 0 radical (unpaired) electrons. The Kier molecular flexibility index (Phi) is 4.58. The van der Waals surface area contributed by atoms with E-state index >= 15 is 0 Å². The number of nitrogens with zero attached hydrogens (tertiary/aromatic N) is 1. The molecule has 18 heavy (non-hydrogen) atoms. The lowest BCUT2D eigenvalue weighted by Crippen LogP contribution is -2.47. The molecular formula is C13H23N3O2. The lowest BCUT2D eigenvalue weighted by Gasteiger charge is -2.32. The van der Waals surface area contributed by atoms with Crippen molar-refractivity contribution in [1.82, 2.24) is 15.5 Å². The average Bonchev–Trinajstić information content (AvgIpc) is 3.20. The standard InChI is InChI=1S/C13H23N3O2/c1-14-8-12(17)16-6-2-3-11(9-16)13(18)15-7-10-4-5-10/h10-11,14H,2-9H2,1H3,(H,15,18). The van der Waals surface area contributed by atoms with Gasteiger partial charge in [0.1, 0.15) is 0 Å². The summed E-state index contributed by atoms with van der Waals surface area (Å²) in [7, 11) is 1.77. The van der Waals surface area contributed by atoms with Gasteiger partial charge < -0.3 is 15.5 Å². The Balaban J connectivity index is 1.77.